The molecule has 0 radical (unpaired) electrons. The summed E-state index contributed by atoms with van der Waals surface area (Å²) in [5.74, 6) is -7.90. The number of aliphatic hydroxyl groups is 4. The van der Waals surface area contributed by atoms with E-state index >= 15 is 0 Å². The third kappa shape index (κ3) is 2.48. The number of amides is 1. The van der Waals surface area contributed by atoms with Gasteiger partial charge in [0.1, 0.15) is 22.8 Å². The third-order valence-corrected chi connectivity index (χ3v) is 7.02. The summed E-state index contributed by atoms with van der Waals surface area (Å²) in [4.78, 5) is 40.0. The Labute approximate surface area is 182 Å². The quantitative estimate of drug-likeness (QED) is 0.332. The summed E-state index contributed by atoms with van der Waals surface area (Å²) >= 11 is 0. The number of aliphatic hydroxyl groups excluding tert-OH is 2. The molecule has 0 heterocycles. The van der Waals surface area contributed by atoms with Gasteiger partial charge in [-0.05, 0) is 39.1 Å². The SMILES string of the molecule is CN(C)[C@H]1C(=O)C(C(N)=O)=C(O)[C@]2(O)C(=O)C3=C(O)c4c(O)cccc4[C@](C)(O)[C@@H]3C[C@@H]12. The summed E-state index contributed by atoms with van der Waals surface area (Å²) < 4.78 is 0. The third-order valence-electron chi connectivity index (χ3n) is 7.02. The molecular weight excluding hydrogens is 420 g/mol. The lowest BCUT2D eigenvalue weighted by molar-refractivity contribution is -0.159. The molecule has 10 heteroatoms. The standard InChI is InChI=1S/C22H24N2O8/c1-21(31)8-5-4-6-11(25)12(8)16(26)13-9(21)7-10-15(24(2)3)17(27)14(20(23)30)19(29)22(10,32)18(13)28/h4-6,9-10,15,25-26,29,31-32H,7H2,1-3H3,(H2,23,30)/t9-,10+,15-,21+,22-/m1/s1. The predicted molar refractivity (Wildman–Crippen MR) is 110 cm³/mol. The lowest BCUT2D eigenvalue weighted by Gasteiger charge is -2.53. The van der Waals surface area contributed by atoms with E-state index in [1.807, 2.05) is 0 Å². The van der Waals surface area contributed by atoms with Crippen molar-refractivity contribution in [2.75, 3.05) is 14.1 Å². The Bertz CT molecular complexity index is 1150. The first-order valence-corrected chi connectivity index (χ1v) is 9.97. The molecule has 0 spiro atoms. The maximum Gasteiger partial charge on any atom is 0.255 e. The number of phenols is 1. The van der Waals surface area contributed by atoms with Gasteiger partial charge in [-0.2, -0.15) is 0 Å². The van der Waals surface area contributed by atoms with Crippen LogP contribution in [-0.2, 0) is 20.0 Å². The van der Waals surface area contributed by atoms with E-state index < -0.39 is 75.0 Å². The second kappa shape index (κ2) is 6.64. The number of nitrogens with zero attached hydrogens (tertiary/aromatic N) is 1. The molecule has 0 saturated heterocycles. The number of carbonyl (C=O) groups excluding carboxylic acids is 3. The molecule has 3 aliphatic rings. The van der Waals surface area contributed by atoms with Crippen molar-refractivity contribution in [2.24, 2.45) is 17.6 Å². The summed E-state index contributed by atoms with van der Waals surface area (Å²) in [5.41, 5.74) is -0.548. The van der Waals surface area contributed by atoms with Crippen molar-refractivity contribution in [3.63, 3.8) is 0 Å². The molecule has 7 N–H and O–H groups in total. The van der Waals surface area contributed by atoms with Crippen LogP contribution >= 0.6 is 0 Å². The van der Waals surface area contributed by atoms with Crippen LogP contribution in [0.1, 0.15) is 24.5 Å². The summed E-state index contributed by atoms with van der Waals surface area (Å²) in [6, 6.07) is 3.02. The fourth-order valence-corrected chi connectivity index (χ4v) is 5.50. The van der Waals surface area contributed by atoms with Crippen molar-refractivity contribution in [1.82, 2.24) is 4.90 Å². The molecule has 1 amide bonds. The summed E-state index contributed by atoms with van der Waals surface area (Å²) in [7, 11) is 3.01. The van der Waals surface area contributed by atoms with Crippen molar-refractivity contribution in [2.45, 2.75) is 30.6 Å². The molecule has 3 aliphatic carbocycles. The molecule has 0 unspecified atom stereocenters. The lowest BCUT2D eigenvalue weighted by Crippen LogP contribution is -2.67. The maximum absolute atomic E-state index is 13.7. The van der Waals surface area contributed by atoms with Crippen molar-refractivity contribution in [3.05, 3.63) is 46.2 Å². The van der Waals surface area contributed by atoms with Gasteiger partial charge in [0, 0.05) is 17.4 Å². The highest BCUT2D eigenvalue weighted by Gasteiger charge is 2.66. The monoisotopic (exact) mass is 444 g/mol. The minimum Gasteiger partial charge on any atom is -0.508 e. The second-order valence-electron chi connectivity index (χ2n) is 8.96. The van der Waals surface area contributed by atoms with Crippen LogP contribution in [0.3, 0.4) is 0 Å². The molecule has 170 valence electrons. The average Bonchev–Trinajstić information content (AvgIpc) is 2.68. The number of Topliss-reactive ketones (excluding diaryl/α,β-unsaturated/α-hetero) is 2. The zero-order valence-corrected chi connectivity index (χ0v) is 17.7. The number of hydrogen-bond donors (Lipinski definition) is 6. The van der Waals surface area contributed by atoms with Gasteiger partial charge in [0.15, 0.2) is 11.4 Å². The number of fused-ring (bicyclic) bond motifs is 3. The lowest BCUT2D eigenvalue weighted by atomic mass is 9.54. The Morgan fingerprint density at radius 1 is 1.16 bits per heavy atom. The molecule has 1 aromatic rings. The Kier molecular flexibility index (Phi) is 4.57. The molecule has 0 aliphatic heterocycles. The van der Waals surface area contributed by atoms with Gasteiger partial charge < -0.3 is 31.3 Å². The van der Waals surface area contributed by atoms with E-state index in [1.165, 1.54) is 44.1 Å². The van der Waals surface area contributed by atoms with E-state index in [9.17, 15) is 39.9 Å². The summed E-state index contributed by atoms with van der Waals surface area (Å²) in [6.45, 7) is 1.40. The van der Waals surface area contributed by atoms with E-state index in [0.29, 0.717) is 0 Å². The number of aromatic hydroxyl groups is 1. The van der Waals surface area contributed by atoms with Gasteiger partial charge in [-0.15, -0.1) is 0 Å². The van der Waals surface area contributed by atoms with Gasteiger partial charge >= 0.3 is 0 Å². The van der Waals surface area contributed by atoms with Crippen molar-refractivity contribution in [1.29, 1.82) is 0 Å². The highest BCUT2D eigenvalue weighted by molar-refractivity contribution is 6.24. The molecule has 1 saturated carbocycles. The molecule has 1 fully saturated rings. The first-order valence-electron chi connectivity index (χ1n) is 9.97. The van der Waals surface area contributed by atoms with Gasteiger partial charge in [0.2, 0.25) is 5.78 Å². The van der Waals surface area contributed by atoms with Gasteiger partial charge in [-0.25, -0.2) is 0 Å². The zero-order chi connectivity index (χ0) is 23.9. The second-order valence-corrected chi connectivity index (χ2v) is 8.96. The van der Waals surface area contributed by atoms with Crippen LogP contribution in [-0.4, -0.2) is 73.6 Å². The van der Waals surface area contributed by atoms with E-state index in [0.717, 1.165) is 0 Å². The zero-order valence-electron chi connectivity index (χ0n) is 17.7. The van der Waals surface area contributed by atoms with E-state index in [2.05, 4.69) is 0 Å². The van der Waals surface area contributed by atoms with E-state index in [4.69, 9.17) is 5.73 Å². The fourth-order valence-electron chi connectivity index (χ4n) is 5.50. The normalized spacial score (nSPS) is 34.4. The van der Waals surface area contributed by atoms with Crippen molar-refractivity contribution >= 4 is 23.2 Å². The number of hydrogen-bond acceptors (Lipinski definition) is 9. The average molecular weight is 444 g/mol. The molecule has 0 aromatic heterocycles. The molecule has 0 bridgehead atoms. The number of carbonyl (C=O) groups is 3. The number of benzene rings is 1. The molecule has 4 rings (SSSR count). The Morgan fingerprint density at radius 3 is 2.34 bits per heavy atom. The van der Waals surface area contributed by atoms with Crippen LogP contribution < -0.4 is 5.73 Å². The molecule has 10 nitrogen and oxygen atoms in total. The van der Waals surface area contributed by atoms with Crippen LogP contribution in [0.15, 0.2) is 35.1 Å². The van der Waals surface area contributed by atoms with E-state index in [1.54, 1.807) is 0 Å². The molecular formula is C22H24N2O8. The number of nitrogens with two attached hydrogens (primary N) is 1. The number of primary amides is 1. The minimum atomic E-state index is -2.75. The van der Waals surface area contributed by atoms with Crippen LogP contribution in [0.4, 0.5) is 0 Å². The summed E-state index contributed by atoms with van der Waals surface area (Å²) in [5, 5.41) is 54.9. The minimum absolute atomic E-state index is 0.170. The molecule has 5 atom stereocenters. The Balaban J connectivity index is 2.05. The van der Waals surface area contributed by atoms with Crippen LogP contribution in [0.5, 0.6) is 5.75 Å². The number of likely N-dealkylation sites (N-methyl/N-ethyl adjacent to an activating group) is 1. The predicted octanol–water partition coefficient (Wildman–Crippen LogP) is -0.371. The highest BCUT2D eigenvalue weighted by Crippen LogP contribution is 2.57. The largest absolute Gasteiger partial charge is 0.508 e. The van der Waals surface area contributed by atoms with Crippen LogP contribution in [0.25, 0.3) is 5.76 Å². The molecule has 1 aromatic carbocycles. The smallest absolute Gasteiger partial charge is 0.255 e. The van der Waals surface area contributed by atoms with Gasteiger partial charge in [-0.1, -0.05) is 12.1 Å². The van der Waals surface area contributed by atoms with Crippen LogP contribution in [0, 0.1) is 11.8 Å². The Hall–Kier alpha value is -3.21. The Morgan fingerprint density at radius 2 is 1.78 bits per heavy atom. The van der Waals surface area contributed by atoms with Crippen LogP contribution in [0.2, 0.25) is 0 Å². The van der Waals surface area contributed by atoms with Crippen molar-refractivity contribution < 1.29 is 39.9 Å². The topological polar surface area (TPSA) is 182 Å². The van der Waals surface area contributed by atoms with Crippen molar-refractivity contribution in [3.8, 4) is 5.75 Å². The first kappa shape index (κ1) is 22.0. The fraction of sp³-hybridized carbons (Fsp3) is 0.409. The van der Waals surface area contributed by atoms with Gasteiger partial charge in [0.25, 0.3) is 5.91 Å². The maximum atomic E-state index is 13.7. The number of phenolic OH excluding ortho intramolecular Hbond substituents is 1. The van der Waals surface area contributed by atoms with E-state index in [-0.39, 0.29) is 17.5 Å². The molecule has 32 heavy (non-hydrogen) atoms. The van der Waals surface area contributed by atoms with Gasteiger partial charge in [-0.3, -0.25) is 19.3 Å². The highest BCUT2D eigenvalue weighted by atomic mass is 16.3. The van der Waals surface area contributed by atoms with Gasteiger partial charge in [0.05, 0.1) is 17.2 Å². The number of ketones is 2. The summed E-state index contributed by atoms with van der Waals surface area (Å²) in [6.07, 6.45) is -0.200. The first-order chi connectivity index (χ1) is 14.8. The number of rotatable bonds is 2.